The summed E-state index contributed by atoms with van der Waals surface area (Å²) < 4.78 is 40.4. The van der Waals surface area contributed by atoms with E-state index in [4.69, 9.17) is 5.73 Å². The van der Waals surface area contributed by atoms with Crippen LogP contribution in [-0.2, 0) is 4.74 Å². The van der Waals surface area contributed by atoms with Crippen molar-refractivity contribution < 1.29 is 17.9 Å². The van der Waals surface area contributed by atoms with Gasteiger partial charge in [-0.1, -0.05) is 6.92 Å². The van der Waals surface area contributed by atoms with E-state index in [1.807, 2.05) is 6.92 Å². The molecule has 0 aromatic rings. The normalized spacial score (nSPS) is 25.7. The molecular formula is C12H23F3N2O. The van der Waals surface area contributed by atoms with Crippen LogP contribution in [0.3, 0.4) is 0 Å². The number of likely N-dealkylation sites (N-methyl/N-ethyl adjacent to an activating group) is 1. The molecule has 18 heavy (non-hydrogen) atoms. The molecule has 6 heteroatoms. The molecule has 0 aromatic heterocycles. The van der Waals surface area contributed by atoms with Crippen molar-refractivity contribution >= 4 is 0 Å². The van der Waals surface area contributed by atoms with Gasteiger partial charge in [-0.25, -0.2) is 0 Å². The van der Waals surface area contributed by atoms with Gasteiger partial charge < -0.3 is 10.5 Å². The number of hydrogen-bond donors (Lipinski definition) is 1. The van der Waals surface area contributed by atoms with Crippen LogP contribution >= 0.6 is 0 Å². The van der Waals surface area contributed by atoms with E-state index in [-0.39, 0.29) is 6.61 Å². The minimum absolute atomic E-state index is 0.135. The Balaban J connectivity index is 2.21. The number of alkyl halides is 3. The number of nitrogens with two attached hydrogens (primary N) is 1. The van der Waals surface area contributed by atoms with Gasteiger partial charge in [0.15, 0.2) is 0 Å². The molecule has 0 saturated heterocycles. The first-order valence-electron chi connectivity index (χ1n) is 6.56. The minimum Gasteiger partial charge on any atom is -0.371 e. The molecule has 0 aliphatic heterocycles. The summed E-state index contributed by atoms with van der Waals surface area (Å²) in [5.74, 6) is 0. The van der Waals surface area contributed by atoms with Crippen LogP contribution in [0.25, 0.3) is 0 Å². The van der Waals surface area contributed by atoms with Crippen LogP contribution in [0, 0.1) is 0 Å². The fourth-order valence-electron chi connectivity index (χ4n) is 2.44. The molecule has 0 unspecified atom stereocenters. The molecule has 0 aromatic carbocycles. The molecule has 0 atom stereocenters. The average Bonchev–Trinajstić information content (AvgIpc) is 2.29. The molecule has 0 spiro atoms. The highest BCUT2D eigenvalue weighted by Gasteiger charge is 2.28. The Morgan fingerprint density at radius 1 is 1.22 bits per heavy atom. The molecule has 108 valence electrons. The Bertz CT molecular complexity index is 228. The smallest absolute Gasteiger partial charge is 0.371 e. The molecule has 2 N–H and O–H groups in total. The van der Waals surface area contributed by atoms with Gasteiger partial charge >= 0.3 is 6.18 Å². The zero-order valence-electron chi connectivity index (χ0n) is 10.9. The van der Waals surface area contributed by atoms with E-state index in [1.165, 1.54) is 0 Å². The molecule has 1 rings (SSSR count). The van der Waals surface area contributed by atoms with Crippen molar-refractivity contribution in [3.8, 4) is 0 Å². The highest BCUT2D eigenvalue weighted by atomic mass is 19.4. The maximum Gasteiger partial charge on any atom is 0.411 e. The Morgan fingerprint density at radius 3 is 2.33 bits per heavy atom. The monoisotopic (exact) mass is 268 g/mol. The van der Waals surface area contributed by atoms with Crippen molar-refractivity contribution in [2.75, 3.05) is 26.3 Å². The first-order valence-corrected chi connectivity index (χ1v) is 6.56. The van der Waals surface area contributed by atoms with Crippen molar-refractivity contribution in [3.05, 3.63) is 0 Å². The van der Waals surface area contributed by atoms with Crippen LogP contribution in [-0.4, -0.2) is 49.5 Å². The van der Waals surface area contributed by atoms with Crippen molar-refractivity contribution in [2.24, 2.45) is 5.73 Å². The fourth-order valence-corrected chi connectivity index (χ4v) is 2.44. The summed E-state index contributed by atoms with van der Waals surface area (Å²) in [7, 11) is 0. The summed E-state index contributed by atoms with van der Waals surface area (Å²) in [6, 6.07) is 0.741. The Labute approximate surface area is 106 Å². The van der Waals surface area contributed by atoms with E-state index in [1.54, 1.807) is 0 Å². The Kier molecular flexibility index (Phi) is 6.38. The third-order valence-electron chi connectivity index (χ3n) is 3.45. The van der Waals surface area contributed by atoms with Crippen molar-refractivity contribution in [1.82, 2.24) is 4.90 Å². The quantitative estimate of drug-likeness (QED) is 0.750. The molecular weight excluding hydrogens is 245 g/mol. The maximum absolute atomic E-state index is 11.9. The molecule has 3 nitrogen and oxygen atoms in total. The van der Waals surface area contributed by atoms with Gasteiger partial charge in [0.1, 0.15) is 6.61 Å². The van der Waals surface area contributed by atoms with Crippen LogP contribution in [0.1, 0.15) is 32.6 Å². The van der Waals surface area contributed by atoms with Gasteiger partial charge in [0.05, 0.1) is 6.61 Å². The fraction of sp³-hybridized carbons (Fsp3) is 1.00. The predicted molar refractivity (Wildman–Crippen MR) is 64.4 cm³/mol. The molecule has 0 bridgehead atoms. The maximum atomic E-state index is 11.9. The van der Waals surface area contributed by atoms with Crippen LogP contribution in [0.4, 0.5) is 13.2 Å². The van der Waals surface area contributed by atoms with E-state index < -0.39 is 12.8 Å². The first kappa shape index (κ1) is 15.7. The molecule has 0 amide bonds. The first-order chi connectivity index (χ1) is 8.42. The highest BCUT2D eigenvalue weighted by Crippen LogP contribution is 2.22. The predicted octanol–water partition coefficient (Wildman–Crippen LogP) is 2.16. The Hall–Kier alpha value is -0.330. The number of halogens is 3. The zero-order valence-corrected chi connectivity index (χ0v) is 10.9. The van der Waals surface area contributed by atoms with E-state index in [2.05, 4.69) is 9.64 Å². The lowest BCUT2D eigenvalue weighted by Gasteiger charge is -2.35. The second-order valence-electron chi connectivity index (χ2n) is 4.86. The van der Waals surface area contributed by atoms with Crippen LogP contribution in [0.2, 0.25) is 0 Å². The van der Waals surface area contributed by atoms with Crippen LogP contribution < -0.4 is 5.73 Å². The molecule has 1 aliphatic carbocycles. The zero-order chi connectivity index (χ0) is 13.6. The number of rotatable bonds is 6. The highest BCUT2D eigenvalue weighted by molar-refractivity contribution is 4.80. The third kappa shape index (κ3) is 6.02. The van der Waals surface area contributed by atoms with Crippen molar-refractivity contribution in [2.45, 2.75) is 50.9 Å². The van der Waals surface area contributed by atoms with Crippen LogP contribution in [0.15, 0.2) is 0 Å². The summed E-state index contributed by atoms with van der Waals surface area (Å²) >= 11 is 0. The standard InChI is InChI=1S/C12H23F3N2O/c1-2-17(7-8-18-9-12(13,14)15)11-5-3-10(16)4-6-11/h10-11H,2-9,16H2,1H3. The summed E-state index contributed by atoms with van der Waals surface area (Å²) in [5.41, 5.74) is 5.84. The summed E-state index contributed by atoms with van der Waals surface area (Å²) in [5, 5.41) is 0. The second-order valence-corrected chi connectivity index (χ2v) is 4.86. The summed E-state index contributed by atoms with van der Waals surface area (Å²) in [6.45, 7) is 2.41. The molecule has 1 aliphatic rings. The summed E-state index contributed by atoms with van der Waals surface area (Å²) in [6.07, 6.45) is -0.146. The third-order valence-corrected chi connectivity index (χ3v) is 3.45. The number of ether oxygens (including phenoxy) is 1. The van der Waals surface area contributed by atoms with Gasteiger partial charge in [-0.05, 0) is 32.2 Å². The lowest BCUT2D eigenvalue weighted by Crippen LogP contribution is -2.42. The van der Waals surface area contributed by atoms with Gasteiger partial charge in [-0.15, -0.1) is 0 Å². The second kappa shape index (κ2) is 7.31. The molecule has 1 fully saturated rings. The van der Waals surface area contributed by atoms with Gasteiger partial charge in [-0.3, -0.25) is 4.90 Å². The minimum atomic E-state index is -4.23. The lowest BCUT2D eigenvalue weighted by molar-refractivity contribution is -0.174. The van der Waals surface area contributed by atoms with E-state index in [9.17, 15) is 13.2 Å². The van der Waals surface area contributed by atoms with Crippen molar-refractivity contribution in [3.63, 3.8) is 0 Å². The van der Waals surface area contributed by atoms with E-state index >= 15 is 0 Å². The van der Waals surface area contributed by atoms with Gasteiger partial charge in [0, 0.05) is 18.6 Å². The van der Waals surface area contributed by atoms with Gasteiger partial charge in [0.2, 0.25) is 0 Å². The molecule has 0 heterocycles. The van der Waals surface area contributed by atoms with Crippen LogP contribution in [0.5, 0.6) is 0 Å². The van der Waals surface area contributed by atoms with Crippen molar-refractivity contribution in [1.29, 1.82) is 0 Å². The van der Waals surface area contributed by atoms with Gasteiger partial charge in [-0.2, -0.15) is 13.2 Å². The Morgan fingerprint density at radius 2 is 1.83 bits per heavy atom. The van der Waals surface area contributed by atoms with E-state index in [0.29, 0.717) is 18.6 Å². The lowest BCUT2D eigenvalue weighted by atomic mass is 9.91. The van der Waals surface area contributed by atoms with Gasteiger partial charge in [0.25, 0.3) is 0 Å². The van der Waals surface area contributed by atoms with E-state index in [0.717, 1.165) is 32.2 Å². The summed E-state index contributed by atoms with van der Waals surface area (Å²) in [4.78, 5) is 2.20. The SMILES string of the molecule is CCN(CCOCC(F)(F)F)C1CCC(N)CC1. The molecule has 1 saturated carbocycles. The average molecular weight is 268 g/mol. The number of hydrogen-bond acceptors (Lipinski definition) is 3. The number of nitrogens with zero attached hydrogens (tertiary/aromatic N) is 1. The largest absolute Gasteiger partial charge is 0.411 e. The topological polar surface area (TPSA) is 38.5 Å². The molecule has 0 radical (unpaired) electrons.